The molecular weight excluding hydrogens is 881 g/mol. The van der Waals surface area contributed by atoms with E-state index in [0.717, 1.165) is 117 Å². The normalized spacial score (nSPS) is 17.0. The van der Waals surface area contributed by atoms with Gasteiger partial charge in [0.05, 0.1) is 24.9 Å². The van der Waals surface area contributed by atoms with Crippen molar-refractivity contribution in [3.63, 3.8) is 0 Å². The Morgan fingerprint density at radius 2 is 1.58 bits per heavy atom. The number of Topliss-reactive ketones (excluding diaryl/α,β-unsaturated/α-hetero) is 2. The van der Waals surface area contributed by atoms with Crippen LogP contribution in [0.1, 0.15) is 165 Å². The maximum Gasteiger partial charge on any atom is 0.264 e. The molecule has 3 aromatic carbocycles. The Kier molecular flexibility index (Phi) is 19.6. The Morgan fingerprint density at radius 3 is 2.29 bits per heavy atom. The third kappa shape index (κ3) is 14.6. The van der Waals surface area contributed by atoms with Gasteiger partial charge in [0.15, 0.2) is 5.71 Å². The topological polar surface area (TPSA) is 124 Å². The molecule has 3 aromatic rings. The van der Waals surface area contributed by atoms with E-state index in [1.807, 2.05) is 26.0 Å². The minimum atomic E-state index is -4.05. The number of ether oxygens (including phenoxy) is 1. The molecule has 0 saturated heterocycles. The summed E-state index contributed by atoms with van der Waals surface area (Å²) in [5.74, 6) is 1.27. The van der Waals surface area contributed by atoms with Crippen LogP contribution in [0.4, 0.5) is 11.4 Å². The zero-order valence-corrected chi connectivity index (χ0v) is 43.3. The van der Waals surface area contributed by atoms with Gasteiger partial charge in [0, 0.05) is 73.7 Å². The van der Waals surface area contributed by atoms with Gasteiger partial charge in [-0.1, -0.05) is 101 Å². The number of unbranched alkanes of at least 4 members (excludes halogenated alkanes) is 7. The van der Waals surface area contributed by atoms with E-state index in [0.29, 0.717) is 56.6 Å². The van der Waals surface area contributed by atoms with E-state index in [1.165, 1.54) is 40.1 Å². The van der Waals surface area contributed by atoms with Crippen molar-refractivity contribution in [3.05, 3.63) is 130 Å². The quantitative estimate of drug-likeness (QED) is 0.0440. The van der Waals surface area contributed by atoms with Gasteiger partial charge in [0.1, 0.15) is 23.9 Å². The van der Waals surface area contributed by atoms with Crippen molar-refractivity contribution in [2.24, 2.45) is 5.92 Å². The second kappa shape index (κ2) is 25.3. The summed E-state index contributed by atoms with van der Waals surface area (Å²) in [4.78, 5) is 27.4. The van der Waals surface area contributed by atoms with E-state index >= 15 is 0 Å². The molecule has 10 heteroatoms. The summed E-state index contributed by atoms with van der Waals surface area (Å²) in [6.45, 7) is 12.2. The van der Waals surface area contributed by atoms with Crippen LogP contribution in [0.25, 0.3) is 5.57 Å². The molecule has 0 unspecified atom stereocenters. The number of hydrogen-bond donors (Lipinski definition) is 2. The Labute approximate surface area is 413 Å². The standard InChI is InChI=1S/C59H78N2O7S/c1-7-8-14-36-60-50(40-49-39-45(42-62)25-33-54(49)60)30-28-46-18-17-19-47(29-35-57-59(4,5)53-41-52(68-6)32-34-55(53)61(57)37-15-16-38-69(65,66)67)58(46)48-26-22-44(23-27-48)24-31-51(63)20-12-10-9-11-13-21-56(64)43(2)3/h22-23,25-30,32-35,39,41,43,62H,7-21,24,31,36-38,40,42H2,1-6H3/p+1. The van der Waals surface area contributed by atoms with Crippen molar-refractivity contribution in [2.45, 2.75) is 162 Å². The molecule has 0 saturated carbocycles. The molecule has 372 valence electrons. The smallest absolute Gasteiger partial charge is 0.264 e. The van der Waals surface area contributed by atoms with Crippen molar-refractivity contribution in [3.8, 4) is 5.75 Å². The van der Waals surface area contributed by atoms with E-state index in [1.54, 1.807) is 7.11 Å². The van der Waals surface area contributed by atoms with Crippen LogP contribution < -0.4 is 9.64 Å². The summed E-state index contributed by atoms with van der Waals surface area (Å²) in [5.41, 5.74) is 13.7. The number of methoxy groups -OCH3 is 1. The fourth-order valence-electron chi connectivity index (χ4n) is 10.3. The van der Waals surface area contributed by atoms with Gasteiger partial charge in [-0.05, 0) is 128 Å². The van der Waals surface area contributed by atoms with Gasteiger partial charge >= 0.3 is 0 Å². The largest absolute Gasteiger partial charge is 0.497 e. The lowest BCUT2D eigenvalue weighted by Gasteiger charge is -2.24. The highest BCUT2D eigenvalue weighted by Gasteiger charge is 2.44. The first-order chi connectivity index (χ1) is 33.1. The summed E-state index contributed by atoms with van der Waals surface area (Å²) in [6.07, 6.45) is 24.8. The van der Waals surface area contributed by atoms with Crippen LogP contribution in [-0.4, -0.2) is 65.9 Å². The predicted octanol–water partition coefficient (Wildman–Crippen LogP) is 12.9. The molecule has 9 nitrogen and oxygen atoms in total. The summed E-state index contributed by atoms with van der Waals surface area (Å²) < 4.78 is 40.7. The number of aryl methyl sites for hydroxylation is 1. The molecule has 0 atom stereocenters. The molecule has 0 aromatic heterocycles. The van der Waals surface area contributed by atoms with Gasteiger partial charge in [-0.2, -0.15) is 13.0 Å². The van der Waals surface area contributed by atoms with Crippen molar-refractivity contribution >= 4 is 44.3 Å². The first-order valence-electron chi connectivity index (χ1n) is 25.9. The first kappa shape index (κ1) is 53.5. The number of hydrogen-bond acceptors (Lipinski definition) is 7. The van der Waals surface area contributed by atoms with Crippen LogP contribution in [-0.2, 0) is 44.6 Å². The second-order valence-corrected chi connectivity index (χ2v) is 21.8. The average Bonchev–Trinajstić information content (AvgIpc) is 3.78. The number of fused-ring (bicyclic) bond motifs is 2. The average molecular weight is 960 g/mol. The van der Waals surface area contributed by atoms with E-state index in [2.05, 4.69) is 103 Å². The first-order valence-corrected chi connectivity index (χ1v) is 27.5. The van der Waals surface area contributed by atoms with Crippen LogP contribution in [0, 0.1) is 5.92 Å². The Morgan fingerprint density at radius 1 is 0.841 bits per heavy atom. The lowest BCUT2D eigenvalue weighted by atomic mass is 9.79. The van der Waals surface area contributed by atoms with E-state index in [4.69, 9.17) is 4.74 Å². The minimum Gasteiger partial charge on any atom is -0.497 e. The van der Waals surface area contributed by atoms with Gasteiger partial charge in [-0.25, -0.2) is 0 Å². The fourth-order valence-corrected chi connectivity index (χ4v) is 10.9. The van der Waals surface area contributed by atoms with Gasteiger partial charge in [-0.3, -0.25) is 14.1 Å². The van der Waals surface area contributed by atoms with E-state index < -0.39 is 10.1 Å². The Bertz CT molecular complexity index is 2540. The van der Waals surface area contributed by atoms with Crippen LogP contribution in [0.2, 0.25) is 0 Å². The maximum atomic E-state index is 13.0. The summed E-state index contributed by atoms with van der Waals surface area (Å²) in [6, 6.07) is 21.4. The van der Waals surface area contributed by atoms with Gasteiger partial charge in [-0.15, -0.1) is 0 Å². The van der Waals surface area contributed by atoms with E-state index in [-0.39, 0.29) is 23.7 Å². The van der Waals surface area contributed by atoms with Crippen LogP contribution >= 0.6 is 0 Å². The summed E-state index contributed by atoms with van der Waals surface area (Å²) in [7, 11) is -2.37. The number of ketones is 2. The second-order valence-electron chi connectivity index (χ2n) is 20.3. The number of aliphatic hydroxyl groups excluding tert-OH is 1. The number of allylic oxidation sites excluding steroid dienone is 8. The lowest BCUT2D eigenvalue weighted by molar-refractivity contribution is -0.438. The Balaban J connectivity index is 1.30. The highest BCUT2D eigenvalue weighted by molar-refractivity contribution is 7.85. The number of benzene rings is 3. The molecule has 0 spiro atoms. The number of carbonyl (C=O) groups excluding carboxylic acids is 2. The molecule has 3 aliphatic rings. The van der Waals surface area contributed by atoms with E-state index in [9.17, 15) is 27.7 Å². The molecule has 2 N–H and O–H groups in total. The van der Waals surface area contributed by atoms with Crippen LogP contribution in [0.15, 0.2) is 102 Å². The molecule has 0 amide bonds. The molecule has 1 aliphatic carbocycles. The third-order valence-corrected chi connectivity index (χ3v) is 15.2. The van der Waals surface area contributed by atoms with Crippen molar-refractivity contribution in [2.75, 3.05) is 30.9 Å². The van der Waals surface area contributed by atoms with Gasteiger partial charge in [0.2, 0.25) is 5.69 Å². The molecule has 69 heavy (non-hydrogen) atoms. The molecule has 0 radical (unpaired) electrons. The number of nitrogens with zero attached hydrogens (tertiary/aromatic N) is 2. The van der Waals surface area contributed by atoms with Crippen molar-refractivity contribution in [1.82, 2.24) is 0 Å². The summed E-state index contributed by atoms with van der Waals surface area (Å²) >= 11 is 0. The highest BCUT2D eigenvalue weighted by atomic mass is 32.2. The monoisotopic (exact) mass is 960 g/mol. The van der Waals surface area contributed by atoms with Gasteiger partial charge in [0.25, 0.3) is 10.1 Å². The molecular formula is C59H79N2O7S+. The van der Waals surface area contributed by atoms with Crippen LogP contribution in [0.3, 0.4) is 0 Å². The van der Waals surface area contributed by atoms with Crippen molar-refractivity contribution in [1.29, 1.82) is 0 Å². The number of rotatable bonds is 27. The zero-order valence-electron chi connectivity index (χ0n) is 42.5. The molecule has 6 rings (SSSR count). The maximum absolute atomic E-state index is 13.0. The number of anilines is 1. The SMILES string of the molecule is CCCCCN1C(=CC=C2CCCC(C=CC3=[N+](CCCCS(=O)(=O)O)c4ccc(OC)cc4C3(C)C)=C2c2ccc(CCC(=O)CCCCCCCC(=O)C(C)C)cc2)Cc2cc(CO)ccc21. The molecule has 0 bridgehead atoms. The van der Waals surface area contributed by atoms with Gasteiger partial charge < -0.3 is 14.7 Å². The lowest BCUT2D eigenvalue weighted by Crippen LogP contribution is -2.28. The van der Waals surface area contributed by atoms with Crippen LogP contribution in [0.5, 0.6) is 5.75 Å². The highest BCUT2D eigenvalue weighted by Crippen LogP contribution is 2.44. The predicted molar refractivity (Wildman–Crippen MR) is 282 cm³/mol. The zero-order chi connectivity index (χ0) is 49.6. The molecule has 2 heterocycles. The number of aliphatic hydroxyl groups is 1. The van der Waals surface area contributed by atoms with Crippen molar-refractivity contribution < 1.29 is 37.0 Å². The molecule has 0 fully saturated rings. The molecule has 2 aliphatic heterocycles. The fraction of sp³-hybridized carbons (Fsp3) is 0.508. The summed E-state index contributed by atoms with van der Waals surface area (Å²) in [5, 5.41) is 9.96. The number of carbonyl (C=O) groups is 2. The third-order valence-electron chi connectivity index (χ3n) is 14.4. The Hall–Kier alpha value is -4.90. The minimum absolute atomic E-state index is 0.0264.